The smallest absolute Gasteiger partial charge is 0.394 e. The Morgan fingerprint density at radius 3 is 0.606 bits per heavy atom. The first kappa shape index (κ1) is 102. The molecule has 9 N–H and O–H groups in total. The van der Waals surface area contributed by atoms with Crippen LogP contribution in [0.1, 0.15) is 432 Å². The van der Waals surface area contributed by atoms with E-state index in [2.05, 4.69) is 57.7 Å². The third-order valence-electron chi connectivity index (χ3n) is 22.1. The van der Waals surface area contributed by atoms with E-state index in [4.69, 9.17) is 13.3 Å². The van der Waals surface area contributed by atoms with Gasteiger partial charge in [0, 0.05) is 31.7 Å². The monoisotopic (exact) mass is 1500 g/mol. The average molecular weight is 1500 g/mol. The van der Waals surface area contributed by atoms with Gasteiger partial charge >= 0.3 is 8.80 Å². The van der Waals surface area contributed by atoms with Crippen molar-refractivity contribution in [3.63, 3.8) is 0 Å². The standard InChI is InChI=1S/C87H176N4O12Si/c1-7-11-15-19-23-27-31-35-39-42-46-50-54-58-62-67-82(98)88-85(73-92,74-93)79-101-104(72-66-71-91(5,6)70-65-61-57-53-49-45-38-34-30-26-22-18-14-10-4,102-80-86(75-94,76-95)89-83(99)68-63-59-55-51-47-43-40-36-32-28-24-20-16-12-8-2)103-81-87(77-96,78-97)90-84(100)69-64-60-56-52-48-44-41-37-33-29-25-21-17-13-9-3/h92-97H,7-81H2,1-6H3,(H2-,88,89,90,98,99,100)/p+1. The molecule has 620 valence electrons. The van der Waals surface area contributed by atoms with E-state index in [1.165, 1.54) is 289 Å². The maximum atomic E-state index is 13.8. The van der Waals surface area contributed by atoms with Crippen LogP contribution >= 0.6 is 0 Å². The Morgan fingerprint density at radius 2 is 0.423 bits per heavy atom. The maximum absolute atomic E-state index is 13.8. The Kier molecular flexibility index (Phi) is 71.5. The first-order valence-electron chi connectivity index (χ1n) is 44.9. The fourth-order valence-electron chi connectivity index (χ4n) is 14.5. The summed E-state index contributed by atoms with van der Waals surface area (Å²) in [6, 6.07) is 0.118. The third-order valence-corrected chi connectivity index (χ3v) is 24.8. The van der Waals surface area contributed by atoms with Crippen molar-refractivity contribution >= 4 is 26.5 Å². The zero-order valence-corrected chi connectivity index (χ0v) is 70.6. The number of amides is 3. The van der Waals surface area contributed by atoms with Crippen LogP contribution in [0.3, 0.4) is 0 Å². The highest BCUT2D eigenvalue weighted by Gasteiger charge is 2.49. The molecule has 0 bridgehead atoms. The fourth-order valence-corrected chi connectivity index (χ4v) is 17.2. The lowest BCUT2D eigenvalue weighted by atomic mass is 10.0. The Hall–Kier alpha value is -1.77. The first-order chi connectivity index (χ1) is 50.6. The fraction of sp³-hybridized carbons (Fsp3) is 0.966. The lowest BCUT2D eigenvalue weighted by Gasteiger charge is -2.41. The Balaban J connectivity index is 6.60. The number of hydrogen-bond donors (Lipinski definition) is 9. The van der Waals surface area contributed by atoms with E-state index < -0.39 is 84.9 Å². The SMILES string of the molecule is CCCCCCCCCCCCCCCCCC(=O)NC(CO)(CO)CO[Si](CCC[N+](C)(C)CCCCCCCCCCCCCCCC)(OCC(CO)(CO)NC(=O)CCCCCCCCCCCCCCCCC)OCC(CO)(CO)NC(=O)CCCCCCCCCCCCCCCCC. The molecule has 0 aromatic carbocycles. The second-order valence-electron chi connectivity index (χ2n) is 33.2. The summed E-state index contributed by atoms with van der Waals surface area (Å²) < 4.78 is 21.4. The molecule has 0 fully saturated rings. The van der Waals surface area contributed by atoms with Gasteiger partial charge < -0.3 is 64.4 Å². The van der Waals surface area contributed by atoms with Crippen LogP contribution in [-0.4, -0.2) is 165 Å². The lowest BCUT2D eigenvalue weighted by molar-refractivity contribution is -0.890. The zero-order chi connectivity index (χ0) is 76.5. The summed E-state index contributed by atoms with van der Waals surface area (Å²) >= 11 is 0. The number of aliphatic hydroxyl groups is 6. The summed E-state index contributed by atoms with van der Waals surface area (Å²) in [6.45, 7) is 5.05. The summed E-state index contributed by atoms with van der Waals surface area (Å²) in [5.41, 5.74) is -5.08. The molecule has 0 heterocycles. The summed E-state index contributed by atoms with van der Waals surface area (Å²) in [4.78, 5) is 41.5. The number of hydrogen-bond acceptors (Lipinski definition) is 12. The van der Waals surface area contributed by atoms with Crippen molar-refractivity contribution in [2.75, 3.05) is 86.6 Å². The molecule has 0 aliphatic heterocycles. The van der Waals surface area contributed by atoms with Crippen LogP contribution in [0, 0.1) is 0 Å². The maximum Gasteiger partial charge on any atom is 0.501 e. The van der Waals surface area contributed by atoms with Crippen molar-refractivity contribution in [3.8, 4) is 0 Å². The van der Waals surface area contributed by atoms with Gasteiger partial charge in [0.1, 0.15) is 16.6 Å². The van der Waals surface area contributed by atoms with Gasteiger partial charge in [-0.05, 0) is 32.1 Å². The minimum Gasteiger partial charge on any atom is -0.394 e. The Labute approximate surface area is 643 Å². The highest BCUT2D eigenvalue weighted by Crippen LogP contribution is 2.28. The topological polar surface area (TPSA) is 236 Å². The highest BCUT2D eigenvalue weighted by molar-refractivity contribution is 6.60. The second kappa shape index (κ2) is 72.7. The molecule has 0 atom stereocenters. The Bertz CT molecular complexity index is 1690. The molecule has 0 aromatic rings. The number of aliphatic hydroxyl groups excluding tert-OH is 6. The van der Waals surface area contributed by atoms with Crippen molar-refractivity contribution in [2.45, 2.75) is 455 Å². The van der Waals surface area contributed by atoms with Crippen molar-refractivity contribution in [1.29, 1.82) is 0 Å². The van der Waals surface area contributed by atoms with Gasteiger partial charge in [-0.1, -0.05) is 374 Å². The minimum absolute atomic E-state index is 0.118. The predicted octanol–water partition coefficient (Wildman–Crippen LogP) is 20.2. The van der Waals surface area contributed by atoms with Crippen LogP contribution in [-0.2, 0) is 27.7 Å². The van der Waals surface area contributed by atoms with E-state index in [0.717, 1.165) is 77.2 Å². The number of unbranched alkanes of at least 4 members (excludes halogenated alkanes) is 55. The summed E-state index contributed by atoms with van der Waals surface area (Å²) in [6.07, 6.45) is 72.7. The second-order valence-corrected chi connectivity index (χ2v) is 35.9. The van der Waals surface area contributed by atoms with E-state index >= 15 is 0 Å². The van der Waals surface area contributed by atoms with Crippen LogP contribution in [0.5, 0.6) is 0 Å². The minimum atomic E-state index is -4.37. The molecule has 3 amide bonds. The van der Waals surface area contributed by atoms with E-state index in [-0.39, 0.29) is 43.0 Å². The lowest BCUT2D eigenvalue weighted by Crippen LogP contribution is -2.64. The molecule has 0 aliphatic rings. The molecule has 16 nitrogen and oxygen atoms in total. The summed E-state index contributed by atoms with van der Waals surface area (Å²) in [5.74, 6) is -1.05. The van der Waals surface area contributed by atoms with E-state index in [9.17, 15) is 45.0 Å². The number of rotatable bonds is 85. The van der Waals surface area contributed by atoms with E-state index in [1.54, 1.807) is 0 Å². The molecule has 0 radical (unpaired) electrons. The predicted molar refractivity (Wildman–Crippen MR) is 439 cm³/mol. The molecular weight excluding hydrogens is 1320 g/mol. The molecule has 0 saturated carbocycles. The van der Waals surface area contributed by atoms with Gasteiger partial charge in [0.2, 0.25) is 17.7 Å². The van der Waals surface area contributed by atoms with E-state index in [0.29, 0.717) is 36.7 Å². The molecular formula is C87H177N4O12Si+. The van der Waals surface area contributed by atoms with Crippen LogP contribution in [0.4, 0.5) is 0 Å². The molecule has 104 heavy (non-hydrogen) atoms. The van der Waals surface area contributed by atoms with Crippen molar-refractivity contribution in [3.05, 3.63) is 0 Å². The van der Waals surface area contributed by atoms with Gasteiger partial charge in [-0.25, -0.2) is 0 Å². The number of carbonyl (C=O) groups is 3. The van der Waals surface area contributed by atoms with Gasteiger partial charge in [0.15, 0.2) is 0 Å². The van der Waals surface area contributed by atoms with Crippen LogP contribution in [0.25, 0.3) is 0 Å². The van der Waals surface area contributed by atoms with Gasteiger partial charge in [-0.2, -0.15) is 0 Å². The zero-order valence-electron chi connectivity index (χ0n) is 69.6. The average Bonchev–Trinajstić information content (AvgIpc) is 0.811. The number of nitrogens with one attached hydrogen (secondary N) is 3. The van der Waals surface area contributed by atoms with Gasteiger partial charge in [0.05, 0.1) is 86.6 Å². The van der Waals surface area contributed by atoms with Gasteiger partial charge in [0.25, 0.3) is 0 Å². The Morgan fingerprint density at radius 1 is 0.260 bits per heavy atom. The highest BCUT2D eigenvalue weighted by atomic mass is 28.4. The summed E-state index contributed by atoms with van der Waals surface area (Å²) in [7, 11) is 0.0153. The normalized spacial score (nSPS) is 12.5. The molecule has 0 unspecified atom stereocenters. The molecule has 0 saturated heterocycles. The molecule has 0 rings (SSSR count). The molecule has 0 aliphatic carbocycles. The summed E-state index contributed by atoms with van der Waals surface area (Å²) in [5, 5.41) is 75.7. The van der Waals surface area contributed by atoms with Crippen molar-refractivity contribution in [2.24, 2.45) is 0 Å². The van der Waals surface area contributed by atoms with Crippen LogP contribution in [0.2, 0.25) is 6.04 Å². The first-order valence-corrected chi connectivity index (χ1v) is 46.9. The quantitative estimate of drug-likeness (QED) is 0.0157. The van der Waals surface area contributed by atoms with Gasteiger partial charge in [-0.3, -0.25) is 14.4 Å². The molecule has 0 spiro atoms. The third kappa shape index (κ3) is 60.0. The molecule has 0 aromatic heterocycles. The number of nitrogens with zero attached hydrogens (tertiary/aromatic N) is 1. The largest absolute Gasteiger partial charge is 0.501 e. The van der Waals surface area contributed by atoms with Crippen molar-refractivity contribution in [1.82, 2.24) is 16.0 Å². The van der Waals surface area contributed by atoms with E-state index in [1.807, 2.05) is 0 Å². The van der Waals surface area contributed by atoms with Crippen molar-refractivity contribution < 1.29 is 62.8 Å². The number of quaternary nitrogens is 1. The van der Waals surface area contributed by atoms with Crippen LogP contribution < -0.4 is 16.0 Å². The van der Waals surface area contributed by atoms with Crippen LogP contribution in [0.15, 0.2) is 0 Å². The number of carbonyl (C=O) groups excluding carboxylic acids is 3. The molecule has 17 heteroatoms. The van der Waals surface area contributed by atoms with Gasteiger partial charge in [-0.15, -0.1) is 0 Å².